The molecule has 30 heavy (non-hydrogen) atoms. The molecule has 3 aliphatic rings. The molecule has 0 N–H and O–H groups in total. The Kier molecular flexibility index (Phi) is 4.91. The summed E-state index contributed by atoms with van der Waals surface area (Å²) < 4.78 is 5.93. The second-order valence-electron chi connectivity index (χ2n) is 8.38. The molecule has 5 rings (SSSR count). The first-order chi connectivity index (χ1) is 14.7. The predicted octanol–water partition coefficient (Wildman–Crippen LogP) is 4.28. The minimum atomic E-state index is -0.491. The van der Waals surface area contributed by atoms with E-state index in [0.29, 0.717) is 6.42 Å². The van der Waals surface area contributed by atoms with Crippen LogP contribution in [0.3, 0.4) is 0 Å². The minimum Gasteiger partial charge on any atom is -0.439 e. The summed E-state index contributed by atoms with van der Waals surface area (Å²) in [4.78, 5) is 30.6. The Morgan fingerprint density at radius 1 is 0.933 bits per heavy atom. The molecule has 1 amide bonds. The van der Waals surface area contributed by atoms with Crippen molar-refractivity contribution in [2.24, 2.45) is 0 Å². The molecule has 3 saturated heterocycles. The van der Waals surface area contributed by atoms with Gasteiger partial charge in [0.1, 0.15) is 12.1 Å². The lowest BCUT2D eigenvalue weighted by Crippen LogP contribution is -2.59. The highest BCUT2D eigenvalue weighted by atomic mass is 16.6. The Morgan fingerprint density at radius 3 is 2.27 bits per heavy atom. The number of hydrogen-bond donors (Lipinski definition) is 0. The maximum atomic E-state index is 13.3. The monoisotopic (exact) mass is 402 g/mol. The quantitative estimate of drug-likeness (QED) is 0.701. The van der Waals surface area contributed by atoms with Crippen molar-refractivity contribution in [1.82, 2.24) is 9.80 Å². The van der Waals surface area contributed by atoms with Gasteiger partial charge in [0.05, 0.1) is 0 Å². The zero-order valence-corrected chi connectivity index (χ0v) is 16.9. The Labute approximate surface area is 176 Å². The van der Waals surface area contributed by atoms with Crippen molar-refractivity contribution in [3.8, 4) is 0 Å². The number of piperidine rings is 1. The Bertz CT molecular complexity index is 945. The number of fused-ring (bicyclic) bond motifs is 2. The number of carbonyl (C=O) groups is 2. The van der Waals surface area contributed by atoms with Gasteiger partial charge in [-0.25, -0.2) is 4.79 Å². The molecule has 5 nitrogen and oxygen atoms in total. The fourth-order valence-corrected chi connectivity index (χ4v) is 5.52. The van der Waals surface area contributed by atoms with Crippen molar-refractivity contribution in [3.63, 3.8) is 0 Å². The Balaban J connectivity index is 1.58. The van der Waals surface area contributed by atoms with E-state index in [-0.39, 0.29) is 23.9 Å². The Hall–Kier alpha value is -2.92. The van der Waals surface area contributed by atoms with Crippen LogP contribution in [0, 0.1) is 0 Å². The number of ketones is 1. The number of nitrogens with zero attached hydrogens (tertiary/aromatic N) is 2. The first-order valence-electron chi connectivity index (χ1n) is 10.7. The normalized spacial score (nSPS) is 31.1. The number of benzene rings is 2. The van der Waals surface area contributed by atoms with Crippen LogP contribution in [0.25, 0.3) is 0 Å². The number of ether oxygens (including phenoxy) is 1. The van der Waals surface area contributed by atoms with Gasteiger partial charge in [0, 0.05) is 25.0 Å². The van der Waals surface area contributed by atoms with E-state index >= 15 is 0 Å². The van der Waals surface area contributed by atoms with Crippen LogP contribution in [0.5, 0.6) is 0 Å². The zero-order valence-electron chi connectivity index (χ0n) is 16.9. The lowest BCUT2D eigenvalue weighted by molar-refractivity contribution is -0.130. The molecule has 5 heteroatoms. The molecule has 154 valence electrons. The van der Waals surface area contributed by atoms with E-state index in [0.717, 1.165) is 30.5 Å². The summed E-state index contributed by atoms with van der Waals surface area (Å²) in [6.07, 6.45) is 3.43. The zero-order chi connectivity index (χ0) is 20.7. The molecule has 0 aliphatic carbocycles. The second kappa shape index (κ2) is 7.73. The van der Waals surface area contributed by atoms with Crippen LogP contribution in [-0.2, 0) is 9.53 Å². The molecule has 0 radical (unpaired) electrons. The van der Waals surface area contributed by atoms with E-state index < -0.39 is 18.2 Å². The summed E-state index contributed by atoms with van der Waals surface area (Å²) in [6.45, 7) is 4.63. The maximum Gasteiger partial charge on any atom is 0.411 e. The van der Waals surface area contributed by atoms with Gasteiger partial charge in [-0.1, -0.05) is 66.7 Å². The number of hydrogen-bond acceptors (Lipinski definition) is 4. The lowest BCUT2D eigenvalue weighted by Gasteiger charge is -2.43. The molecule has 2 aromatic rings. The molecule has 3 aliphatic heterocycles. The highest BCUT2D eigenvalue weighted by molar-refractivity contribution is 5.90. The largest absolute Gasteiger partial charge is 0.439 e. The first kappa shape index (κ1) is 19.1. The number of rotatable bonds is 5. The van der Waals surface area contributed by atoms with Crippen molar-refractivity contribution in [3.05, 3.63) is 84.4 Å². The summed E-state index contributed by atoms with van der Waals surface area (Å²) in [5.74, 6) is 0.148. The summed E-state index contributed by atoms with van der Waals surface area (Å²) in [7, 11) is 0. The fourth-order valence-electron chi connectivity index (χ4n) is 5.52. The third-order valence-electron chi connectivity index (χ3n) is 6.76. The third kappa shape index (κ3) is 3.05. The average molecular weight is 402 g/mol. The molecule has 2 aromatic carbocycles. The van der Waals surface area contributed by atoms with E-state index in [1.54, 1.807) is 4.90 Å². The van der Waals surface area contributed by atoms with Crippen LogP contribution in [0.15, 0.2) is 73.3 Å². The molecule has 0 unspecified atom stereocenters. The number of cyclic esters (lactones) is 1. The van der Waals surface area contributed by atoms with E-state index in [9.17, 15) is 9.59 Å². The van der Waals surface area contributed by atoms with E-state index in [1.807, 2.05) is 66.7 Å². The van der Waals surface area contributed by atoms with Crippen molar-refractivity contribution in [2.45, 2.75) is 49.5 Å². The van der Waals surface area contributed by atoms with Gasteiger partial charge in [-0.15, -0.1) is 6.58 Å². The van der Waals surface area contributed by atoms with Crippen molar-refractivity contribution >= 4 is 11.9 Å². The van der Waals surface area contributed by atoms with Gasteiger partial charge < -0.3 is 4.74 Å². The Morgan fingerprint density at radius 2 is 1.60 bits per heavy atom. The van der Waals surface area contributed by atoms with Crippen LogP contribution in [-0.4, -0.2) is 46.3 Å². The summed E-state index contributed by atoms with van der Waals surface area (Å²) in [6, 6.07) is 19.2. The van der Waals surface area contributed by atoms with Crippen LogP contribution >= 0.6 is 0 Å². The maximum absolute atomic E-state index is 13.3. The van der Waals surface area contributed by atoms with Crippen LogP contribution < -0.4 is 0 Å². The molecule has 0 spiro atoms. The standard InChI is InChI=1S/C25H26N2O3/c1-2-15-26-19-13-14-20(26)23(21(28)16-19)27-22(17-9-5-3-6-10-17)24(30-25(27)29)18-11-7-4-8-12-18/h2-12,19-20,22-24H,1,13-16H2/t19-,20+,22-,23-,24+/m0/s1. The number of carbonyl (C=O) groups excluding carboxylic acids is 2. The summed E-state index contributed by atoms with van der Waals surface area (Å²) >= 11 is 0. The van der Waals surface area contributed by atoms with Gasteiger partial charge >= 0.3 is 6.09 Å². The summed E-state index contributed by atoms with van der Waals surface area (Å²) in [5, 5.41) is 0. The van der Waals surface area contributed by atoms with Crippen molar-refractivity contribution < 1.29 is 14.3 Å². The summed E-state index contributed by atoms with van der Waals surface area (Å²) in [5.41, 5.74) is 1.93. The number of Topliss-reactive ketones (excluding diaryl/α,β-unsaturated/α-hetero) is 1. The first-order valence-corrected chi connectivity index (χ1v) is 10.7. The average Bonchev–Trinajstić information content (AvgIpc) is 3.26. The molecule has 3 fully saturated rings. The van der Waals surface area contributed by atoms with Gasteiger partial charge in [0.25, 0.3) is 0 Å². The van der Waals surface area contributed by atoms with E-state index in [1.165, 1.54) is 0 Å². The van der Waals surface area contributed by atoms with Gasteiger partial charge in [0.15, 0.2) is 11.9 Å². The molecule has 5 atom stereocenters. The van der Waals surface area contributed by atoms with E-state index in [2.05, 4.69) is 11.5 Å². The van der Waals surface area contributed by atoms with Gasteiger partial charge in [0.2, 0.25) is 0 Å². The number of amides is 1. The highest BCUT2D eigenvalue weighted by Crippen LogP contribution is 2.47. The van der Waals surface area contributed by atoms with Gasteiger partial charge in [-0.05, 0) is 24.0 Å². The highest BCUT2D eigenvalue weighted by Gasteiger charge is 2.55. The molecule has 3 heterocycles. The SMILES string of the molecule is C=CCN1[C@H]2CC[C@@H]1[C@H](N1C(=O)O[C@H](c3ccccc3)[C@@H]1c1ccccc1)C(=O)C2. The molecular weight excluding hydrogens is 376 g/mol. The predicted molar refractivity (Wildman–Crippen MR) is 114 cm³/mol. The van der Waals surface area contributed by atoms with Crippen LogP contribution in [0.1, 0.15) is 42.5 Å². The molecule has 0 saturated carbocycles. The lowest BCUT2D eigenvalue weighted by atomic mass is 9.89. The van der Waals surface area contributed by atoms with Gasteiger partial charge in [-0.3, -0.25) is 14.6 Å². The minimum absolute atomic E-state index is 0.0162. The molecule has 0 aromatic heterocycles. The van der Waals surface area contributed by atoms with Crippen LogP contribution in [0.4, 0.5) is 4.79 Å². The third-order valence-corrected chi connectivity index (χ3v) is 6.76. The smallest absolute Gasteiger partial charge is 0.411 e. The van der Waals surface area contributed by atoms with Crippen molar-refractivity contribution in [1.29, 1.82) is 0 Å². The van der Waals surface area contributed by atoms with Crippen molar-refractivity contribution in [2.75, 3.05) is 6.54 Å². The van der Waals surface area contributed by atoms with Gasteiger partial charge in [-0.2, -0.15) is 0 Å². The second-order valence-corrected chi connectivity index (χ2v) is 8.38. The van der Waals surface area contributed by atoms with Crippen LogP contribution in [0.2, 0.25) is 0 Å². The fraction of sp³-hybridized carbons (Fsp3) is 0.360. The van der Waals surface area contributed by atoms with E-state index in [4.69, 9.17) is 4.74 Å². The molecule has 2 bridgehead atoms. The topological polar surface area (TPSA) is 49.9 Å². The molecular formula is C25H26N2O3.